The van der Waals surface area contributed by atoms with E-state index >= 15 is 0 Å². The van der Waals surface area contributed by atoms with Crippen molar-refractivity contribution in [3.8, 4) is 0 Å². The summed E-state index contributed by atoms with van der Waals surface area (Å²) in [4.78, 5) is 44.7. The molecule has 33 heavy (non-hydrogen) atoms. The minimum atomic E-state index is -0.388. The van der Waals surface area contributed by atoms with Crippen LogP contribution < -0.4 is 10.2 Å². The van der Waals surface area contributed by atoms with Gasteiger partial charge in [0.05, 0.1) is 24.3 Å². The number of hydrogen-bond donors (Lipinski definition) is 1. The molecule has 3 rings (SSSR count). The standard InChI is InChI=1S/C24H30N4O5/c1-3-16-33-22(29)18-6-9-20(10-7-18)26-24(31)28-13-5-12-27(14-15-28)21-11-8-19(17-25-21)23(30)32-4-2/h6-11,17H,3-5,12-16H2,1-2H3,(H,26,31). The Hall–Kier alpha value is -3.62. The van der Waals surface area contributed by atoms with E-state index < -0.39 is 0 Å². The first-order valence-electron chi connectivity index (χ1n) is 11.2. The van der Waals surface area contributed by atoms with E-state index in [1.807, 2.05) is 6.92 Å². The molecule has 1 fully saturated rings. The molecule has 0 atom stereocenters. The molecule has 0 unspecified atom stereocenters. The third-order valence-corrected chi connectivity index (χ3v) is 5.18. The van der Waals surface area contributed by atoms with Crippen LogP contribution in [0.2, 0.25) is 0 Å². The molecule has 176 valence electrons. The van der Waals surface area contributed by atoms with Crippen LogP contribution in [0.25, 0.3) is 0 Å². The fraction of sp³-hybridized carbons (Fsp3) is 0.417. The molecular formula is C24H30N4O5. The Labute approximate surface area is 193 Å². The van der Waals surface area contributed by atoms with Crippen LogP contribution in [0.15, 0.2) is 42.6 Å². The van der Waals surface area contributed by atoms with Crippen molar-refractivity contribution in [1.29, 1.82) is 0 Å². The number of carbonyl (C=O) groups is 3. The SMILES string of the molecule is CCCOC(=O)c1ccc(NC(=O)N2CCCN(c3ccc(C(=O)OCC)cn3)CC2)cc1. The number of hydrogen-bond acceptors (Lipinski definition) is 7. The Morgan fingerprint density at radius 2 is 1.64 bits per heavy atom. The topological polar surface area (TPSA) is 101 Å². The zero-order valence-corrected chi connectivity index (χ0v) is 19.1. The summed E-state index contributed by atoms with van der Waals surface area (Å²) in [7, 11) is 0. The number of nitrogens with one attached hydrogen (secondary N) is 1. The monoisotopic (exact) mass is 454 g/mol. The van der Waals surface area contributed by atoms with Crippen molar-refractivity contribution in [2.75, 3.05) is 49.6 Å². The molecule has 0 radical (unpaired) electrons. The van der Waals surface area contributed by atoms with Gasteiger partial charge in [-0.25, -0.2) is 19.4 Å². The summed E-state index contributed by atoms with van der Waals surface area (Å²) in [5.41, 5.74) is 1.48. The van der Waals surface area contributed by atoms with Gasteiger partial charge < -0.3 is 24.6 Å². The lowest BCUT2D eigenvalue weighted by atomic mass is 10.2. The number of anilines is 2. The Morgan fingerprint density at radius 3 is 2.30 bits per heavy atom. The third-order valence-electron chi connectivity index (χ3n) is 5.18. The van der Waals surface area contributed by atoms with Gasteiger partial charge in [0.2, 0.25) is 0 Å². The second kappa shape index (κ2) is 11.8. The smallest absolute Gasteiger partial charge is 0.339 e. The van der Waals surface area contributed by atoms with E-state index in [4.69, 9.17) is 9.47 Å². The lowest BCUT2D eigenvalue weighted by Crippen LogP contribution is -2.38. The molecule has 0 aliphatic carbocycles. The van der Waals surface area contributed by atoms with E-state index in [9.17, 15) is 14.4 Å². The van der Waals surface area contributed by atoms with E-state index in [2.05, 4.69) is 15.2 Å². The van der Waals surface area contributed by atoms with Gasteiger partial charge in [0.1, 0.15) is 5.82 Å². The number of rotatable bonds is 7. The van der Waals surface area contributed by atoms with Crippen LogP contribution in [0.5, 0.6) is 0 Å². The maximum atomic E-state index is 12.7. The molecule has 1 aromatic carbocycles. The van der Waals surface area contributed by atoms with Crippen molar-refractivity contribution < 1.29 is 23.9 Å². The summed E-state index contributed by atoms with van der Waals surface area (Å²) < 4.78 is 10.1. The number of aromatic nitrogens is 1. The van der Waals surface area contributed by atoms with Gasteiger partial charge in [-0.1, -0.05) is 6.92 Å². The van der Waals surface area contributed by atoms with Gasteiger partial charge in [-0.2, -0.15) is 0 Å². The molecule has 2 heterocycles. The van der Waals surface area contributed by atoms with E-state index in [0.29, 0.717) is 49.7 Å². The zero-order valence-electron chi connectivity index (χ0n) is 19.1. The predicted octanol–water partition coefficient (Wildman–Crippen LogP) is 3.57. The lowest BCUT2D eigenvalue weighted by Gasteiger charge is -2.23. The number of urea groups is 1. The van der Waals surface area contributed by atoms with Gasteiger partial charge in [-0.05, 0) is 56.2 Å². The second-order valence-corrected chi connectivity index (χ2v) is 7.60. The van der Waals surface area contributed by atoms with Crippen molar-refractivity contribution in [3.63, 3.8) is 0 Å². The fourth-order valence-electron chi connectivity index (χ4n) is 3.43. The Balaban J connectivity index is 1.53. The first kappa shape index (κ1) is 24.0. The van der Waals surface area contributed by atoms with Gasteiger partial charge in [0.25, 0.3) is 0 Å². The van der Waals surface area contributed by atoms with Gasteiger partial charge in [0.15, 0.2) is 0 Å². The number of ether oxygens (including phenoxy) is 2. The average molecular weight is 455 g/mol. The van der Waals surface area contributed by atoms with E-state index in [1.165, 1.54) is 6.20 Å². The van der Waals surface area contributed by atoms with E-state index in [-0.39, 0.29) is 18.0 Å². The summed E-state index contributed by atoms with van der Waals surface area (Å²) in [6.45, 7) is 6.93. The van der Waals surface area contributed by atoms with Gasteiger partial charge in [0, 0.05) is 38.1 Å². The van der Waals surface area contributed by atoms with Gasteiger partial charge >= 0.3 is 18.0 Å². The molecule has 1 N–H and O–H groups in total. The molecule has 1 aliphatic rings. The van der Waals surface area contributed by atoms with Crippen molar-refractivity contribution in [2.24, 2.45) is 0 Å². The summed E-state index contributed by atoms with van der Waals surface area (Å²) in [6, 6.07) is 9.99. The first-order chi connectivity index (χ1) is 16.0. The summed E-state index contributed by atoms with van der Waals surface area (Å²) >= 11 is 0. The molecule has 9 nitrogen and oxygen atoms in total. The van der Waals surface area contributed by atoms with Crippen LogP contribution in [-0.2, 0) is 9.47 Å². The third kappa shape index (κ3) is 6.68. The molecule has 2 amide bonds. The minimum Gasteiger partial charge on any atom is -0.462 e. The maximum absolute atomic E-state index is 12.7. The van der Waals surface area contributed by atoms with Crippen molar-refractivity contribution in [1.82, 2.24) is 9.88 Å². The highest BCUT2D eigenvalue weighted by atomic mass is 16.5. The predicted molar refractivity (Wildman–Crippen MR) is 125 cm³/mol. The maximum Gasteiger partial charge on any atom is 0.339 e. The van der Waals surface area contributed by atoms with Gasteiger partial charge in [-0.15, -0.1) is 0 Å². The molecule has 0 bridgehead atoms. The molecule has 0 saturated carbocycles. The number of benzene rings is 1. The normalized spacial score (nSPS) is 13.8. The van der Waals surface area contributed by atoms with Crippen LogP contribution >= 0.6 is 0 Å². The molecule has 2 aromatic rings. The molecule has 1 aliphatic heterocycles. The summed E-state index contributed by atoms with van der Waals surface area (Å²) in [6.07, 6.45) is 3.07. The highest BCUT2D eigenvalue weighted by molar-refractivity contribution is 5.92. The first-order valence-corrected chi connectivity index (χ1v) is 11.2. The van der Waals surface area contributed by atoms with Crippen LogP contribution in [0.4, 0.5) is 16.3 Å². The van der Waals surface area contributed by atoms with Crippen LogP contribution in [0, 0.1) is 0 Å². The molecule has 9 heteroatoms. The average Bonchev–Trinajstić information content (AvgIpc) is 3.10. The quantitative estimate of drug-likeness (QED) is 0.638. The Kier molecular flexibility index (Phi) is 8.63. The molecule has 1 aromatic heterocycles. The van der Waals surface area contributed by atoms with Crippen LogP contribution in [0.3, 0.4) is 0 Å². The summed E-state index contributed by atoms with van der Waals surface area (Å²) in [5, 5.41) is 2.88. The number of nitrogens with zero attached hydrogens (tertiary/aromatic N) is 3. The van der Waals surface area contributed by atoms with E-state index in [1.54, 1.807) is 48.2 Å². The van der Waals surface area contributed by atoms with Crippen LogP contribution in [0.1, 0.15) is 47.4 Å². The fourth-order valence-corrected chi connectivity index (χ4v) is 3.43. The number of carbonyl (C=O) groups excluding carboxylic acids is 3. The number of esters is 2. The van der Waals surface area contributed by atoms with Gasteiger partial charge in [-0.3, -0.25) is 0 Å². The highest BCUT2D eigenvalue weighted by Gasteiger charge is 2.20. The molecule has 1 saturated heterocycles. The molecule has 0 spiro atoms. The minimum absolute atomic E-state index is 0.191. The largest absolute Gasteiger partial charge is 0.462 e. The van der Waals surface area contributed by atoms with Crippen molar-refractivity contribution in [3.05, 3.63) is 53.7 Å². The van der Waals surface area contributed by atoms with Crippen molar-refractivity contribution in [2.45, 2.75) is 26.7 Å². The Bertz CT molecular complexity index is 946. The zero-order chi connectivity index (χ0) is 23.6. The molecular weight excluding hydrogens is 424 g/mol. The number of pyridine rings is 1. The number of amides is 2. The van der Waals surface area contributed by atoms with Crippen LogP contribution in [-0.4, -0.2) is 67.2 Å². The summed E-state index contributed by atoms with van der Waals surface area (Å²) in [5.74, 6) is 0.00300. The second-order valence-electron chi connectivity index (χ2n) is 7.60. The lowest BCUT2D eigenvalue weighted by molar-refractivity contribution is 0.0501. The van der Waals surface area contributed by atoms with Crippen molar-refractivity contribution >= 4 is 29.5 Å². The Morgan fingerprint density at radius 1 is 0.909 bits per heavy atom. The van der Waals surface area contributed by atoms with E-state index in [0.717, 1.165) is 25.2 Å². The highest BCUT2D eigenvalue weighted by Crippen LogP contribution is 2.16.